The van der Waals surface area contributed by atoms with E-state index in [-0.39, 0.29) is 10.8 Å². The van der Waals surface area contributed by atoms with Crippen LogP contribution in [0.25, 0.3) is 0 Å². The van der Waals surface area contributed by atoms with Crippen LogP contribution >= 0.6 is 0 Å². The quantitative estimate of drug-likeness (QED) is 0.166. The minimum Gasteiger partial charge on any atom is -0.310 e. The van der Waals surface area contributed by atoms with Gasteiger partial charge in [-0.2, -0.15) is 20.7 Å². The molecule has 0 bridgehead atoms. The summed E-state index contributed by atoms with van der Waals surface area (Å²) in [5.74, 6) is 0. The summed E-state index contributed by atoms with van der Waals surface area (Å²) < 4.78 is 31.8. The number of hydrogen-bond donors (Lipinski definition) is 0. The van der Waals surface area contributed by atoms with E-state index in [9.17, 15) is 0 Å². The summed E-state index contributed by atoms with van der Waals surface area (Å²) in [5.41, 5.74) is 10.1. The Bertz CT molecular complexity index is 2840. The van der Waals surface area contributed by atoms with E-state index in [0.717, 1.165) is 54.9 Å². The van der Waals surface area contributed by atoms with E-state index in [4.69, 9.17) is 0 Å². The Kier molecular flexibility index (Phi) is 7.94. The largest absolute Gasteiger partial charge is 0.310 e. The fourth-order valence-corrected chi connectivity index (χ4v) is 18.7. The molecule has 0 unspecified atom stereocenters. The van der Waals surface area contributed by atoms with Gasteiger partial charge in [0.2, 0.25) is 9.84 Å². The summed E-state index contributed by atoms with van der Waals surface area (Å²) in [7, 11) is -7.34. The number of para-hydroxylation sites is 4. The van der Waals surface area contributed by atoms with Crippen molar-refractivity contribution in [2.45, 2.75) is 48.3 Å². The smallest absolute Gasteiger partial charge is 0.201 e. The topological polar surface area (TPSA) is 40.6 Å². The summed E-state index contributed by atoms with van der Waals surface area (Å²) in [6.45, 7) is 9.09. The molecule has 0 saturated heterocycles. The Hall–Kier alpha value is -6.47. The van der Waals surface area contributed by atoms with E-state index in [1.165, 1.54) is 22.3 Å². The van der Waals surface area contributed by atoms with Crippen LogP contribution in [-0.2, 0) is 20.7 Å². The molecule has 4 nitrogen and oxygen atoms in total. The van der Waals surface area contributed by atoms with Crippen LogP contribution in [0.4, 0.5) is 34.1 Å². The molecule has 0 amide bonds. The average molecular weight is 813 g/mol. The highest BCUT2D eigenvalue weighted by Gasteiger charge is 2.44. The number of benzene rings is 8. The highest BCUT2D eigenvalue weighted by molar-refractivity contribution is 7.92. The van der Waals surface area contributed by atoms with Gasteiger partial charge in [0.15, 0.2) is 0 Å². The summed E-state index contributed by atoms with van der Waals surface area (Å²) in [6.07, 6.45) is 0. The SMILES string of the molecule is CC1(C)c2ccccc2N(c2ccc3c(c2)S(=O)(=O)c2cc(N4c5ccccc5C(C)(C)c5ccccc54)ccc2[Si-]3(c2ccccc2)c2ccccc2)c2ccccc21. The van der Waals surface area contributed by atoms with Gasteiger partial charge in [0.25, 0.3) is 0 Å². The van der Waals surface area contributed by atoms with Crippen molar-refractivity contribution in [1.29, 1.82) is 0 Å². The van der Waals surface area contributed by atoms with Gasteiger partial charge in [-0.25, -0.2) is 8.42 Å². The molecule has 60 heavy (non-hydrogen) atoms. The molecule has 8 aromatic carbocycles. The highest BCUT2D eigenvalue weighted by atomic mass is 32.2. The number of hydrogen-bond acceptors (Lipinski definition) is 4. The predicted octanol–water partition coefficient (Wildman–Crippen LogP) is 10.4. The molecule has 11 rings (SSSR count). The zero-order valence-corrected chi connectivity index (χ0v) is 35.9. The van der Waals surface area contributed by atoms with Crippen molar-refractivity contribution in [3.8, 4) is 0 Å². The molecular weight excluding hydrogens is 769 g/mol. The van der Waals surface area contributed by atoms with E-state index < -0.39 is 17.9 Å². The molecule has 0 N–H and O–H groups in total. The van der Waals surface area contributed by atoms with Crippen LogP contribution in [-0.4, -0.2) is 16.5 Å². The second-order valence-corrected chi connectivity index (χ2v) is 23.0. The van der Waals surface area contributed by atoms with E-state index in [1.54, 1.807) is 0 Å². The standard InChI is InChI=1S/C54H44N2O2SSi/c1-53(2)41-23-11-15-27-45(41)55(46-28-16-12-24-42(46)53)37-31-33-51-49(35-37)59(57,58)50-36-38(56-47-29-17-13-25-43(47)54(3,4)44-26-14-18-30-48(44)56)32-34-52(50)60(51,39-19-7-5-8-20-39)40-21-9-6-10-22-40/h5-36H,1-4H3/q-1. The number of rotatable bonds is 4. The van der Waals surface area contributed by atoms with Crippen LogP contribution in [0.15, 0.2) is 204 Å². The molecular formula is C54H44N2O2SSi-. The third-order valence-corrected chi connectivity index (χ3v) is 20.6. The maximum absolute atomic E-state index is 15.9. The predicted molar refractivity (Wildman–Crippen MR) is 249 cm³/mol. The molecule has 0 radical (unpaired) electrons. The van der Waals surface area contributed by atoms with Crippen molar-refractivity contribution in [1.82, 2.24) is 0 Å². The van der Waals surface area contributed by atoms with E-state index in [2.05, 4.69) is 207 Å². The summed E-state index contributed by atoms with van der Waals surface area (Å²) >= 11 is 0. The first-order valence-corrected chi connectivity index (χ1v) is 24.2. The average Bonchev–Trinajstić information content (AvgIpc) is 3.28. The number of anilines is 6. The van der Waals surface area contributed by atoms with Gasteiger partial charge in [0.05, 0.1) is 22.7 Å². The van der Waals surface area contributed by atoms with Crippen molar-refractivity contribution in [2.75, 3.05) is 9.80 Å². The first-order chi connectivity index (χ1) is 29.1. The van der Waals surface area contributed by atoms with Crippen LogP contribution in [0.5, 0.6) is 0 Å². The molecule has 8 aromatic rings. The van der Waals surface area contributed by atoms with Gasteiger partial charge < -0.3 is 9.80 Å². The normalized spacial score (nSPS) is 16.9. The first-order valence-electron chi connectivity index (χ1n) is 20.7. The number of fused-ring (bicyclic) bond motifs is 6. The Balaban J connectivity index is 1.21. The van der Waals surface area contributed by atoms with Crippen molar-refractivity contribution >= 4 is 72.8 Å². The van der Waals surface area contributed by atoms with Gasteiger partial charge in [0, 0.05) is 32.0 Å². The summed E-state index contributed by atoms with van der Waals surface area (Å²) in [5, 5.41) is 4.02. The molecule has 3 heterocycles. The first kappa shape index (κ1) is 36.6. The third kappa shape index (κ3) is 4.92. The van der Waals surface area contributed by atoms with E-state index in [1.807, 2.05) is 24.3 Å². The Morgan fingerprint density at radius 3 is 1.02 bits per heavy atom. The summed E-state index contributed by atoms with van der Waals surface area (Å²) in [4.78, 5) is 5.25. The third-order valence-electron chi connectivity index (χ3n) is 13.5. The maximum Gasteiger partial charge on any atom is 0.201 e. The van der Waals surface area contributed by atoms with Crippen molar-refractivity contribution in [3.05, 3.63) is 216 Å². The Labute approximate surface area is 354 Å². The fourth-order valence-electron chi connectivity index (χ4n) is 10.7. The molecule has 0 aliphatic carbocycles. The fraction of sp³-hybridized carbons (Fsp3) is 0.111. The summed E-state index contributed by atoms with van der Waals surface area (Å²) in [6, 6.07) is 67.8. The van der Waals surface area contributed by atoms with Gasteiger partial charge in [-0.3, -0.25) is 0 Å². The van der Waals surface area contributed by atoms with Crippen LogP contribution in [0.2, 0.25) is 0 Å². The molecule has 0 fully saturated rings. The monoisotopic (exact) mass is 812 g/mol. The molecule has 3 aliphatic heterocycles. The lowest BCUT2D eigenvalue weighted by atomic mass is 9.73. The van der Waals surface area contributed by atoms with Crippen LogP contribution in [0.3, 0.4) is 0 Å². The van der Waals surface area contributed by atoms with Gasteiger partial charge in [-0.05, 0) is 78.9 Å². The molecule has 0 spiro atoms. The van der Waals surface area contributed by atoms with Crippen LogP contribution in [0, 0.1) is 0 Å². The molecule has 0 saturated carbocycles. The zero-order chi connectivity index (χ0) is 41.0. The number of nitrogens with zero attached hydrogens (tertiary/aromatic N) is 2. The van der Waals surface area contributed by atoms with E-state index in [0.29, 0.717) is 9.79 Å². The lowest BCUT2D eigenvalue weighted by molar-refractivity contribution is 0.596. The molecule has 3 aliphatic rings. The second-order valence-electron chi connectivity index (χ2n) is 17.3. The lowest BCUT2D eigenvalue weighted by Gasteiger charge is -2.52. The van der Waals surface area contributed by atoms with Gasteiger partial charge in [0.1, 0.15) is 0 Å². The van der Waals surface area contributed by atoms with Crippen molar-refractivity contribution in [3.63, 3.8) is 0 Å². The molecule has 0 atom stereocenters. The maximum atomic E-state index is 15.9. The Morgan fingerprint density at radius 2 is 0.683 bits per heavy atom. The van der Waals surface area contributed by atoms with Gasteiger partial charge in [-0.1, -0.05) is 173 Å². The van der Waals surface area contributed by atoms with Crippen LogP contribution < -0.4 is 30.5 Å². The Morgan fingerprint density at radius 1 is 0.383 bits per heavy atom. The van der Waals surface area contributed by atoms with Crippen molar-refractivity contribution < 1.29 is 8.42 Å². The van der Waals surface area contributed by atoms with Crippen LogP contribution in [0.1, 0.15) is 49.9 Å². The highest BCUT2D eigenvalue weighted by Crippen LogP contribution is 2.54. The van der Waals surface area contributed by atoms with Gasteiger partial charge in [-0.15, -0.1) is 0 Å². The molecule has 0 aromatic heterocycles. The second kappa shape index (κ2) is 13.0. The zero-order valence-electron chi connectivity index (χ0n) is 34.1. The number of sulfone groups is 1. The molecule has 293 valence electrons. The minimum absolute atomic E-state index is 0.247. The van der Waals surface area contributed by atoms with Crippen molar-refractivity contribution in [2.24, 2.45) is 0 Å². The molecule has 6 heteroatoms. The van der Waals surface area contributed by atoms with Gasteiger partial charge >= 0.3 is 0 Å². The van der Waals surface area contributed by atoms with E-state index >= 15 is 8.42 Å². The lowest BCUT2D eigenvalue weighted by Crippen LogP contribution is -2.77. The minimum atomic E-state index is -4.08.